The molecule has 0 spiro atoms. The number of hydrogen-bond donors (Lipinski definition) is 1. The molecule has 0 aromatic rings. The quantitative estimate of drug-likeness (QED) is 0.770. The van der Waals surface area contributed by atoms with Gasteiger partial charge in [0.1, 0.15) is 6.10 Å². The summed E-state index contributed by atoms with van der Waals surface area (Å²) in [5.41, 5.74) is 0. The molecule has 1 amide bonds. The van der Waals surface area contributed by atoms with Gasteiger partial charge in [0.05, 0.1) is 0 Å². The van der Waals surface area contributed by atoms with Crippen molar-refractivity contribution >= 4 is 5.91 Å². The van der Waals surface area contributed by atoms with Crippen molar-refractivity contribution in [3.8, 4) is 0 Å². The summed E-state index contributed by atoms with van der Waals surface area (Å²) in [4.78, 5) is 14.4. The van der Waals surface area contributed by atoms with Gasteiger partial charge in [-0.05, 0) is 45.2 Å². The zero-order chi connectivity index (χ0) is 14.3. The monoisotopic (exact) mass is 270 g/mol. The first-order chi connectivity index (χ1) is 9.02. The zero-order valence-electron chi connectivity index (χ0n) is 12.9. The van der Waals surface area contributed by atoms with E-state index in [9.17, 15) is 4.79 Å². The van der Waals surface area contributed by atoms with Crippen LogP contribution in [0, 0.1) is 5.92 Å². The standard InChI is InChI=1S/C15H30N2O2/c1-5-17-9-6-7-14(11-17)16-15(18)13(4)19-10-8-12(2)3/h12-14H,5-11H2,1-4H3,(H,16,18). The van der Waals surface area contributed by atoms with E-state index in [1.807, 2.05) is 6.92 Å². The molecule has 4 nitrogen and oxygen atoms in total. The number of likely N-dealkylation sites (N-methyl/N-ethyl adjacent to an activating group) is 1. The number of carbonyl (C=O) groups excluding carboxylic acids is 1. The van der Waals surface area contributed by atoms with Crippen LogP contribution >= 0.6 is 0 Å². The molecule has 112 valence electrons. The van der Waals surface area contributed by atoms with Gasteiger partial charge in [0.15, 0.2) is 0 Å². The van der Waals surface area contributed by atoms with Crippen LogP contribution in [0.3, 0.4) is 0 Å². The Morgan fingerprint density at radius 1 is 1.42 bits per heavy atom. The van der Waals surface area contributed by atoms with Crippen molar-refractivity contribution in [1.82, 2.24) is 10.2 Å². The molecule has 1 fully saturated rings. The molecule has 1 aliphatic rings. The van der Waals surface area contributed by atoms with Gasteiger partial charge in [-0.1, -0.05) is 20.8 Å². The molecule has 2 atom stereocenters. The maximum Gasteiger partial charge on any atom is 0.249 e. The van der Waals surface area contributed by atoms with E-state index in [1.54, 1.807) is 0 Å². The fourth-order valence-corrected chi connectivity index (χ4v) is 2.34. The van der Waals surface area contributed by atoms with Gasteiger partial charge in [0.25, 0.3) is 0 Å². The van der Waals surface area contributed by atoms with Crippen LogP contribution in [0.1, 0.15) is 47.0 Å². The van der Waals surface area contributed by atoms with Crippen LogP contribution in [0.5, 0.6) is 0 Å². The van der Waals surface area contributed by atoms with E-state index in [0.29, 0.717) is 12.5 Å². The number of carbonyl (C=O) groups is 1. The summed E-state index contributed by atoms with van der Waals surface area (Å²) in [5, 5.41) is 3.12. The lowest BCUT2D eigenvalue weighted by Crippen LogP contribution is -2.50. The van der Waals surface area contributed by atoms with E-state index < -0.39 is 0 Å². The molecule has 4 heteroatoms. The second kappa shape index (κ2) is 8.54. The summed E-state index contributed by atoms with van der Waals surface area (Å²) in [6.45, 7) is 12.2. The molecule has 1 heterocycles. The summed E-state index contributed by atoms with van der Waals surface area (Å²) in [6.07, 6.45) is 2.92. The smallest absolute Gasteiger partial charge is 0.249 e. The van der Waals surface area contributed by atoms with Crippen molar-refractivity contribution in [2.75, 3.05) is 26.2 Å². The van der Waals surface area contributed by atoms with E-state index in [2.05, 4.69) is 31.0 Å². The molecule has 0 aromatic carbocycles. The lowest BCUT2D eigenvalue weighted by Gasteiger charge is -2.32. The highest BCUT2D eigenvalue weighted by Crippen LogP contribution is 2.10. The molecule has 1 rings (SSSR count). The lowest BCUT2D eigenvalue weighted by atomic mass is 10.1. The third kappa shape index (κ3) is 6.39. The largest absolute Gasteiger partial charge is 0.369 e. The number of hydrogen-bond acceptors (Lipinski definition) is 3. The molecule has 0 radical (unpaired) electrons. The molecule has 2 unspecified atom stereocenters. The van der Waals surface area contributed by atoms with Gasteiger partial charge in [-0.15, -0.1) is 0 Å². The van der Waals surface area contributed by atoms with E-state index in [1.165, 1.54) is 6.42 Å². The molecule has 1 saturated heterocycles. The number of amides is 1. The number of ether oxygens (including phenoxy) is 1. The predicted molar refractivity (Wildman–Crippen MR) is 78.1 cm³/mol. The third-order valence-corrected chi connectivity index (χ3v) is 3.73. The molecular formula is C15H30N2O2. The maximum absolute atomic E-state index is 12.0. The second-order valence-electron chi connectivity index (χ2n) is 5.94. The molecular weight excluding hydrogens is 240 g/mol. The molecule has 0 aliphatic carbocycles. The summed E-state index contributed by atoms with van der Waals surface area (Å²) in [5.74, 6) is 0.651. The Labute approximate surface area is 117 Å². The SMILES string of the molecule is CCN1CCCC(NC(=O)C(C)OCCC(C)C)C1. The molecule has 19 heavy (non-hydrogen) atoms. The minimum absolute atomic E-state index is 0.0340. The van der Waals surface area contributed by atoms with Gasteiger partial charge in [0, 0.05) is 19.2 Å². The van der Waals surface area contributed by atoms with Crippen molar-refractivity contribution < 1.29 is 9.53 Å². The van der Waals surface area contributed by atoms with E-state index in [4.69, 9.17) is 4.74 Å². The van der Waals surface area contributed by atoms with Crippen molar-refractivity contribution in [3.63, 3.8) is 0 Å². The van der Waals surface area contributed by atoms with Gasteiger partial charge in [-0.25, -0.2) is 0 Å². The molecule has 1 N–H and O–H groups in total. The summed E-state index contributed by atoms with van der Waals surface area (Å²) in [7, 11) is 0. The highest BCUT2D eigenvalue weighted by Gasteiger charge is 2.22. The Morgan fingerprint density at radius 2 is 2.16 bits per heavy atom. The first-order valence-corrected chi connectivity index (χ1v) is 7.67. The van der Waals surface area contributed by atoms with E-state index in [-0.39, 0.29) is 18.1 Å². The average Bonchev–Trinajstić information content (AvgIpc) is 2.38. The van der Waals surface area contributed by atoms with Crippen LogP contribution in [-0.4, -0.2) is 49.2 Å². The normalized spacial score (nSPS) is 22.5. The Morgan fingerprint density at radius 3 is 2.79 bits per heavy atom. The maximum atomic E-state index is 12.0. The highest BCUT2D eigenvalue weighted by atomic mass is 16.5. The summed E-state index contributed by atoms with van der Waals surface area (Å²) >= 11 is 0. The topological polar surface area (TPSA) is 41.6 Å². The summed E-state index contributed by atoms with van der Waals surface area (Å²) < 4.78 is 5.58. The van der Waals surface area contributed by atoms with Crippen LogP contribution in [0.25, 0.3) is 0 Å². The van der Waals surface area contributed by atoms with Gasteiger partial charge in [0.2, 0.25) is 5.91 Å². The fraction of sp³-hybridized carbons (Fsp3) is 0.933. The van der Waals surface area contributed by atoms with Crippen molar-refractivity contribution in [2.45, 2.75) is 59.1 Å². The number of piperidine rings is 1. The Balaban J connectivity index is 2.25. The highest BCUT2D eigenvalue weighted by molar-refractivity contribution is 5.80. The fourth-order valence-electron chi connectivity index (χ4n) is 2.34. The van der Waals surface area contributed by atoms with Crippen LogP contribution in [0.2, 0.25) is 0 Å². The first-order valence-electron chi connectivity index (χ1n) is 7.67. The molecule has 0 bridgehead atoms. The Kier molecular flexibility index (Phi) is 7.39. The number of nitrogens with zero attached hydrogens (tertiary/aromatic N) is 1. The summed E-state index contributed by atoms with van der Waals surface area (Å²) in [6, 6.07) is 0.289. The van der Waals surface area contributed by atoms with Gasteiger partial charge in [-0.2, -0.15) is 0 Å². The van der Waals surface area contributed by atoms with Crippen molar-refractivity contribution in [2.24, 2.45) is 5.92 Å². The molecule has 1 aliphatic heterocycles. The van der Waals surface area contributed by atoms with E-state index >= 15 is 0 Å². The lowest BCUT2D eigenvalue weighted by molar-refractivity contribution is -0.133. The average molecular weight is 270 g/mol. The second-order valence-corrected chi connectivity index (χ2v) is 5.94. The van der Waals surface area contributed by atoms with E-state index in [0.717, 1.165) is 32.5 Å². The minimum Gasteiger partial charge on any atom is -0.369 e. The van der Waals surface area contributed by atoms with Gasteiger partial charge >= 0.3 is 0 Å². The first kappa shape index (κ1) is 16.4. The molecule has 0 aromatic heterocycles. The number of rotatable bonds is 7. The zero-order valence-corrected chi connectivity index (χ0v) is 12.9. The number of nitrogens with one attached hydrogen (secondary N) is 1. The Bertz CT molecular complexity index is 269. The minimum atomic E-state index is -0.337. The van der Waals surface area contributed by atoms with Crippen LogP contribution < -0.4 is 5.32 Å². The Hall–Kier alpha value is -0.610. The third-order valence-electron chi connectivity index (χ3n) is 3.73. The van der Waals surface area contributed by atoms with Crippen molar-refractivity contribution in [1.29, 1.82) is 0 Å². The van der Waals surface area contributed by atoms with Crippen molar-refractivity contribution in [3.05, 3.63) is 0 Å². The predicted octanol–water partition coefficient (Wildman–Crippen LogP) is 2.04. The number of likely N-dealkylation sites (tertiary alicyclic amines) is 1. The molecule has 0 saturated carbocycles. The van der Waals surface area contributed by atoms with Crippen LogP contribution in [-0.2, 0) is 9.53 Å². The van der Waals surface area contributed by atoms with Crippen LogP contribution in [0.4, 0.5) is 0 Å². The van der Waals surface area contributed by atoms with Crippen LogP contribution in [0.15, 0.2) is 0 Å². The van der Waals surface area contributed by atoms with Gasteiger partial charge < -0.3 is 15.0 Å². The van der Waals surface area contributed by atoms with Gasteiger partial charge in [-0.3, -0.25) is 4.79 Å².